The largest absolute Gasteiger partial charge is 0.478 e. The van der Waals surface area contributed by atoms with Crippen molar-refractivity contribution in [2.75, 3.05) is 11.9 Å². The number of aromatic nitrogens is 1. The standard InChI is InChI=1S/C23H26N2O2/c26-21(27)18-6-7-20(24-13-18)25-15-22-9-16-8-17(10-22)12-23(11-16,14-22)19-4-2-1-3-5-19/h1-7,13,16-17H,8-12,14-15H2,(H,24,25)(H,26,27). The molecular formula is C23H26N2O2. The van der Waals surface area contributed by atoms with E-state index in [9.17, 15) is 4.79 Å². The summed E-state index contributed by atoms with van der Waals surface area (Å²) >= 11 is 0. The Morgan fingerprint density at radius 3 is 2.44 bits per heavy atom. The molecule has 0 aliphatic heterocycles. The summed E-state index contributed by atoms with van der Waals surface area (Å²) in [7, 11) is 0. The van der Waals surface area contributed by atoms with E-state index in [-0.39, 0.29) is 5.56 Å². The van der Waals surface area contributed by atoms with Crippen molar-refractivity contribution < 1.29 is 9.90 Å². The smallest absolute Gasteiger partial charge is 0.337 e. The van der Waals surface area contributed by atoms with Crippen LogP contribution in [0, 0.1) is 17.3 Å². The Labute approximate surface area is 160 Å². The number of pyridine rings is 1. The van der Waals surface area contributed by atoms with Crippen LogP contribution in [0.25, 0.3) is 0 Å². The van der Waals surface area contributed by atoms with E-state index in [2.05, 4.69) is 40.6 Å². The van der Waals surface area contributed by atoms with Crippen LogP contribution in [0.1, 0.15) is 54.4 Å². The third kappa shape index (κ3) is 2.91. The molecule has 0 spiro atoms. The SMILES string of the molecule is O=C(O)c1ccc(NCC23CC4CC(C2)CC(c2ccccc2)(C4)C3)nc1. The maximum absolute atomic E-state index is 11.0. The first-order valence-electron chi connectivity index (χ1n) is 10.0. The number of carbonyl (C=O) groups is 1. The minimum absolute atomic E-state index is 0.235. The lowest BCUT2D eigenvalue weighted by Crippen LogP contribution is -2.56. The van der Waals surface area contributed by atoms with Gasteiger partial charge >= 0.3 is 5.97 Å². The number of anilines is 1. The van der Waals surface area contributed by atoms with Gasteiger partial charge in [0.15, 0.2) is 0 Å². The summed E-state index contributed by atoms with van der Waals surface area (Å²) in [6.07, 6.45) is 9.44. The Hall–Kier alpha value is -2.36. The average Bonchev–Trinajstić information content (AvgIpc) is 2.66. The Morgan fingerprint density at radius 1 is 1.07 bits per heavy atom. The van der Waals surface area contributed by atoms with Crippen molar-refractivity contribution in [3.05, 3.63) is 59.8 Å². The Kier molecular flexibility index (Phi) is 3.78. The summed E-state index contributed by atoms with van der Waals surface area (Å²) < 4.78 is 0. The van der Waals surface area contributed by atoms with Crippen molar-refractivity contribution in [3.63, 3.8) is 0 Å². The van der Waals surface area contributed by atoms with Crippen LogP contribution in [0.2, 0.25) is 0 Å². The van der Waals surface area contributed by atoms with E-state index in [4.69, 9.17) is 5.11 Å². The van der Waals surface area contributed by atoms with Crippen LogP contribution in [-0.4, -0.2) is 22.6 Å². The van der Waals surface area contributed by atoms with Crippen LogP contribution in [-0.2, 0) is 5.41 Å². The second kappa shape index (κ2) is 6.08. The second-order valence-corrected chi connectivity index (χ2v) is 9.20. The summed E-state index contributed by atoms with van der Waals surface area (Å²) in [5, 5.41) is 12.6. The Bertz CT molecular complexity index is 832. The first-order valence-corrected chi connectivity index (χ1v) is 10.0. The van der Waals surface area contributed by atoms with Crippen molar-refractivity contribution in [2.45, 2.75) is 43.9 Å². The predicted octanol–water partition coefficient (Wildman–Crippen LogP) is 4.73. The van der Waals surface area contributed by atoms with Crippen LogP contribution >= 0.6 is 0 Å². The first-order chi connectivity index (χ1) is 13.1. The number of carboxylic acids is 1. The van der Waals surface area contributed by atoms with Gasteiger partial charge in [-0.25, -0.2) is 9.78 Å². The highest BCUT2D eigenvalue weighted by Crippen LogP contribution is 2.65. The van der Waals surface area contributed by atoms with Gasteiger partial charge in [-0.3, -0.25) is 0 Å². The van der Waals surface area contributed by atoms with E-state index < -0.39 is 5.97 Å². The molecule has 2 atom stereocenters. The molecule has 0 radical (unpaired) electrons. The maximum Gasteiger partial charge on any atom is 0.337 e. The number of rotatable bonds is 5. The zero-order valence-electron chi connectivity index (χ0n) is 15.5. The fraction of sp³-hybridized carbons (Fsp3) is 0.478. The zero-order valence-corrected chi connectivity index (χ0v) is 15.5. The molecule has 0 amide bonds. The Balaban J connectivity index is 1.37. The molecule has 2 unspecified atom stereocenters. The van der Waals surface area contributed by atoms with Gasteiger partial charge < -0.3 is 10.4 Å². The molecular weight excluding hydrogens is 336 g/mol. The fourth-order valence-corrected chi connectivity index (χ4v) is 6.69. The van der Waals surface area contributed by atoms with Crippen LogP contribution < -0.4 is 5.32 Å². The van der Waals surface area contributed by atoms with E-state index in [0.29, 0.717) is 10.8 Å². The van der Waals surface area contributed by atoms with Crippen molar-refractivity contribution in [3.8, 4) is 0 Å². The first kappa shape index (κ1) is 16.8. The highest BCUT2D eigenvalue weighted by Gasteiger charge is 2.57. The molecule has 2 N–H and O–H groups in total. The van der Waals surface area contributed by atoms with Gasteiger partial charge in [0.2, 0.25) is 0 Å². The van der Waals surface area contributed by atoms with Gasteiger partial charge in [-0.15, -0.1) is 0 Å². The lowest BCUT2D eigenvalue weighted by atomic mass is 9.43. The molecule has 1 aromatic heterocycles. The van der Waals surface area contributed by atoms with Crippen molar-refractivity contribution >= 4 is 11.8 Å². The van der Waals surface area contributed by atoms with Gasteiger partial charge in [0, 0.05) is 12.7 Å². The number of hydrogen-bond acceptors (Lipinski definition) is 3. The van der Waals surface area contributed by atoms with Crippen LogP contribution in [0.5, 0.6) is 0 Å². The molecule has 140 valence electrons. The van der Waals surface area contributed by atoms with Crippen molar-refractivity contribution in [2.24, 2.45) is 17.3 Å². The molecule has 2 aromatic rings. The number of benzene rings is 1. The minimum Gasteiger partial charge on any atom is -0.478 e. The molecule has 4 nitrogen and oxygen atoms in total. The normalized spacial score (nSPS) is 33.8. The molecule has 4 bridgehead atoms. The fourth-order valence-electron chi connectivity index (χ4n) is 6.69. The van der Waals surface area contributed by atoms with Crippen molar-refractivity contribution in [1.82, 2.24) is 4.98 Å². The molecule has 4 heteroatoms. The monoisotopic (exact) mass is 362 g/mol. The van der Waals surface area contributed by atoms with Crippen LogP contribution in [0.15, 0.2) is 48.7 Å². The molecule has 1 heterocycles. The van der Waals surface area contributed by atoms with Gasteiger partial charge in [-0.1, -0.05) is 30.3 Å². The molecule has 4 saturated carbocycles. The van der Waals surface area contributed by atoms with E-state index in [1.165, 1.54) is 50.3 Å². The third-order valence-electron chi connectivity index (χ3n) is 7.22. The number of nitrogens with zero attached hydrogens (tertiary/aromatic N) is 1. The summed E-state index contributed by atoms with van der Waals surface area (Å²) in [4.78, 5) is 15.3. The van der Waals surface area contributed by atoms with E-state index >= 15 is 0 Å². The maximum atomic E-state index is 11.0. The van der Waals surface area contributed by atoms with Gasteiger partial charge in [0.25, 0.3) is 0 Å². The predicted molar refractivity (Wildman–Crippen MR) is 105 cm³/mol. The van der Waals surface area contributed by atoms with Gasteiger partial charge in [-0.05, 0) is 78.9 Å². The minimum atomic E-state index is -0.931. The molecule has 1 aromatic carbocycles. The van der Waals surface area contributed by atoms with E-state index in [1.54, 1.807) is 12.1 Å². The summed E-state index contributed by atoms with van der Waals surface area (Å²) in [5.74, 6) is 1.54. The van der Waals surface area contributed by atoms with Crippen LogP contribution in [0.4, 0.5) is 5.82 Å². The number of carboxylic acid groups (broad SMARTS) is 1. The zero-order chi connectivity index (χ0) is 18.5. The molecule has 4 aliphatic carbocycles. The molecule has 4 fully saturated rings. The molecule has 27 heavy (non-hydrogen) atoms. The van der Waals surface area contributed by atoms with Gasteiger partial charge in [0.1, 0.15) is 5.82 Å². The van der Waals surface area contributed by atoms with Gasteiger partial charge in [0.05, 0.1) is 5.56 Å². The number of nitrogens with one attached hydrogen (secondary N) is 1. The summed E-state index contributed by atoms with van der Waals surface area (Å²) in [6, 6.07) is 14.6. The quantitative estimate of drug-likeness (QED) is 0.807. The second-order valence-electron chi connectivity index (χ2n) is 9.20. The average molecular weight is 362 g/mol. The Morgan fingerprint density at radius 2 is 1.81 bits per heavy atom. The highest BCUT2D eigenvalue weighted by atomic mass is 16.4. The lowest BCUT2D eigenvalue weighted by Gasteiger charge is -2.62. The lowest BCUT2D eigenvalue weighted by molar-refractivity contribution is -0.0645. The van der Waals surface area contributed by atoms with Crippen LogP contribution in [0.3, 0.4) is 0 Å². The highest BCUT2D eigenvalue weighted by molar-refractivity contribution is 5.87. The summed E-state index contributed by atoms with van der Waals surface area (Å²) in [6.45, 7) is 0.938. The third-order valence-corrected chi connectivity index (χ3v) is 7.22. The molecule has 6 rings (SSSR count). The number of hydrogen-bond donors (Lipinski definition) is 2. The topological polar surface area (TPSA) is 62.2 Å². The van der Waals surface area contributed by atoms with E-state index in [0.717, 1.165) is 24.2 Å². The van der Waals surface area contributed by atoms with E-state index in [1.807, 2.05) is 0 Å². The summed E-state index contributed by atoms with van der Waals surface area (Å²) in [5.41, 5.74) is 2.46. The van der Waals surface area contributed by atoms with Crippen molar-refractivity contribution in [1.29, 1.82) is 0 Å². The molecule has 0 saturated heterocycles. The van der Waals surface area contributed by atoms with Gasteiger partial charge in [-0.2, -0.15) is 0 Å². The molecule has 4 aliphatic rings. The number of aromatic carboxylic acids is 1.